The van der Waals surface area contributed by atoms with Crippen LogP contribution in [0.25, 0.3) is 0 Å². The molecule has 0 aromatic heterocycles. The molecule has 0 spiro atoms. The summed E-state index contributed by atoms with van der Waals surface area (Å²) in [5, 5.41) is 0. The highest BCUT2D eigenvalue weighted by Crippen LogP contribution is 2.14. The zero-order valence-corrected chi connectivity index (χ0v) is 12.9. The van der Waals surface area contributed by atoms with Gasteiger partial charge in [0.25, 0.3) is 0 Å². The minimum absolute atomic E-state index is 0.408. The summed E-state index contributed by atoms with van der Waals surface area (Å²) >= 11 is 5.51. The van der Waals surface area contributed by atoms with Gasteiger partial charge in [-0.25, -0.2) is 10.3 Å². The Morgan fingerprint density at radius 1 is 1.06 bits per heavy atom. The molecule has 0 aliphatic rings. The molecule has 18 heavy (non-hydrogen) atoms. The highest BCUT2D eigenvalue weighted by molar-refractivity contribution is 14.1. The number of anilines is 1. The van der Waals surface area contributed by atoms with Gasteiger partial charge in [-0.1, -0.05) is 15.9 Å². The van der Waals surface area contributed by atoms with Gasteiger partial charge in [0.1, 0.15) is 0 Å². The molecule has 5 heteroatoms. The first-order valence-electron chi connectivity index (χ1n) is 5.13. The fraction of sp³-hybridized carbons (Fsp3) is 0. The number of benzene rings is 2. The third kappa shape index (κ3) is 3.71. The van der Waals surface area contributed by atoms with E-state index < -0.39 is 5.97 Å². The van der Waals surface area contributed by atoms with Crippen molar-refractivity contribution in [2.24, 2.45) is 0 Å². The zero-order chi connectivity index (χ0) is 13.0. The summed E-state index contributed by atoms with van der Waals surface area (Å²) in [6.45, 7) is 0. The van der Waals surface area contributed by atoms with Gasteiger partial charge in [-0.2, -0.15) is 0 Å². The maximum atomic E-state index is 11.7. The van der Waals surface area contributed by atoms with Crippen molar-refractivity contribution in [3.05, 3.63) is 62.1 Å². The molecule has 0 atom stereocenters. The lowest BCUT2D eigenvalue weighted by Crippen LogP contribution is -2.10. The van der Waals surface area contributed by atoms with Crippen molar-refractivity contribution in [2.75, 3.05) is 5.48 Å². The second-order valence-corrected chi connectivity index (χ2v) is 5.67. The average molecular weight is 418 g/mol. The number of rotatable bonds is 3. The number of carbonyl (C=O) groups excluding carboxylic acids is 1. The summed E-state index contributed by atoms with van der Waals surface area (Å²) in [6, 6.07) is 14.5. The Morgan fingerprint density at radius 2 is 1.67 bits per heavy atom. The van der Waals surface area contributed by atoms with Crippen LogP contribution in [-0.4, -0.2) is 5.97 Å². The Bertz CT molecular complexity index is 540. The average Bonchev–Trinajstić information content (AvgIpc) is 2.38. The standard InChI is InChI=1S/C13H9BrINO2/c14-10-3-7-12(8-4-10)16-18-13(17)9-1-5-11(15)6-2-9/h1-8,16H. The molecule has 0 saturated carbocycles. The van der Waals surface area contributed by atoms with Crippen LogP contribution < -0.4 is 5.48 Å². The van der Waals surface area contributed by atoms with Crippen molar-refractivity contribution >= 4 is 50.2 Å². The number of halogens is 2. The Kier molecular flexibility index (Phi) is 4.60. The monoisotopic (exact) mass is 417 g/mol. The van der Waals surface area contributed by atoms with Crippen LogP contribution in [0.4, 0.5) is 5.69 Å². The Labute approximate surface area is 127 Å². The second kappa shape index (κ2) is 6.19. The van der Waals surface area contributed by atoms with Crippen LogP contribution in [0, 0.1) is 3.57 Å². The van der Waals surface area contributed by atoms with Crippen molar-refractivity contribution < 1.29 is 9.63 Å². The van der Waals surface area contributed by atoms with E-state index in [2.05, 4.69) is 44.0 Å². The van der Waals surface area contributed by atoms with Crippen LogP contribution in [0.1, 0.15) is 10.4 Å². The lowest BCUT2D eigenvalue weighted by Gasteiger charge is -2.06. The molecule has 0 unspecified atom stereocenters. The van der Waals surface area contributed by atoms with Crippen molar-refractivity contribution in [1.82, 2.24) is 0 Å². The van der Waals surface area contributed by atoms with E-state index in [4.69, 9.17) is 4.84 Å². The molecule has 0 aliphatic carbocycles. The molecular formula is C13H9BrINO2. The van der Waals surface area contributed by atoms with Gasteiger partial charge in [-0.3, -0.25) is 0 Å². The molecule has 3 nitrogen and oxygen atoms in total. The van der Waals surface area contributed by atoms with Crippen LogP contribution in [0.2, 0.25) is 0 Å². The number of hydrogen-bond donors (Lipinski definition) is 1. The van der Waals surface area contributed by atoms with Crippen molar-refractivity contribution in [2.45, 2.75) is 0 Å². The van der Waals surface area contributed by atoms with Gasteiger partial charge in [0.05, 0.1) is 11.3 Å². The van der Waals surface area contributed by atoms with Crippen LogP contribution >= 0.6 is 38.5 Å². The maximum Gasteiger partial charge on any atom is 0.362 e. The second-order valence-electron chi connectivity index (χ2n) is 3.51. The highest BCUT2D eigenvalue weighted by atomic mass is 127. The minimum Gasteiger partial charge on any atom is -0.338 e. The third-order valence-electron chi connectivity index (χ3n) is 2.19. The molecular weight excluding hydrogens is 409 g/mol. The molecule has 2 aromatic carbocycles. The first-order chi connectivity index (χ1) is 8.65. The van der Waals surface area contributed by atoms with Gasteiger partial charge in [-0.05, 0) is 71.1 Å². The molecule has 1 N–H and O–H groups in total. The molecule has 0 radical (unpaired) electrons. The van der Waals surface area contributed by atoms with Gasteiger partial charge in [0, 0.05) is 8.04 Å². The highest BCUT2D eigenvalue weighted by Gasteiger charge is 2.06. The largest absolute Gasteiger partial charge is 0.362 e. The molecule has 0 heterocycles. The predicted molar refractivity (Wildman–Crippen MR) is 82.3 cm³/mol. The fourth-order valence-electron chi connectivity index (χ4n) is 1.27. The Balaban J connectivity index is 1.96. The van der Waals surface area contributed by atoms with Gasteiger partial charge < -0.3 is 4.84 Å². The fourth-order valence-corrected chi connectivity index (χ4v) is 1.89. The van der Waals surface area contributed by atoms with Gasteiger partial charge >= 0.3 is 5.97 Å². The lowest BCUT2D eigenvalue weighted by molar-refractivity contribution is 0.0596. The van der Waals surface area contributed by atoms with Crippen molar-refractivity contribution in [1.29, 1.82) is 0 Å². The van der Waals surface area contributed by atoms with E-state index in [0.717, 1.165) is 13.7 Å². The van der Waals surface area contributed by atoms with Crippen LogP contribution in [0.5, 0.6) is 0 Å². The number of hydrogen-bond acceptors (Lipinski definition) is 3. The van der Waals surface area contributed by atoms with Gasteiger partial charge in [0.15, 0.2) is 0 Å². The van der Waals surface area contributed by atoms with Crippen LogP contribution in [0.15, 0.2) is 53.0 Å². The van der Waals surface area contributed by atoms with E-state index in [0.29, 0.717) is 5.56 Å². The summed E-state index contributed by atoms with van der Waals surface area (Å²) in [5.41, 5.74) is 3.85. The predicted octanol–water partition coefficient (Wildman–Crippen LogP) is 4.24. The zero-order valence-electron chi connectivity index (χ0n) is 9.19. The lowest BCUT2D eigenvalue weighted by atomic mass is 10.2. The first-order valence-corrected chi connectivity index (χ1v) is 7.00. The molecule has 2 rings (SSSR count). The van der Waals surface area contributed by atoms with Crippen molar-refractivity contribution in [3.8, 4) is 0 Å². The quantitative estimate of drug-likeness (QED) is 0.599. The third-order valence-corrected chi connectivity index (χ3v) is 3.43. The maximum absolute atomic E-state index is 11.7. The van der Waals surface area contributed by atoms with E-state index >= 15 is 0 Å². The van der Waals surface area contributed by atoms with Crippen LogP contribution in [-0.2, 0) is 4.84 Å². The molecule has 92 valence electrons. The minimum atomic E-state index is -0.408. The number of carbonyl (C=O) groups is 1. The smallest absolute Gasteiger partial charge is 0.338 e. The normalized spacial score (nSPS) is 9.89. The van der Waals surface area contributed by atoms with E-state index in [9.17, 15) is 4.79 Å². The van der Waals surface area contributed by atoms with E-state index in [1.165, 1.54) is 0 Å². The topological polar surface area (TPSA) is 38.3 Å². The molecule has 0 saturated heterocycles. The summed E-state index contributed by atoms with van der Waals surface area (Å²) < 4.78 is 2.04. The van der Waals surface area contributed by atoms with Gasteiger partial charge in [0.2, 0.25) is 0 Å². The first kappa shape index (κ1) is 13.4. The summed E-state index contributed by atoms with van der Waals surface area (Å²) in [6.07, 6.45) is 0. The Morgan fingerprint density at radius 3 is 2.28 bits per heavy atom. The Hall–Kier alpha value is -1.08. The molecule has 0 fully saturated rings. The SMILES string of the molecule is O=C(ONc1ccc(Br)cc1)c1ccc(I)cc1. The van der Waals surface area contributed by atoms with Crippen LogP contribution in [0.3, 0.4) is 0 Å². The summed E-state index contributed by atoms with van der Waals surface area (Å²) in [5.74, 6) is -0.408. The van der Waals surface area contributed by atoms with Crippen molar-refractivity contribution in [3.63, 3.8) is 0 Å². The molecule has 2 aromatic rings. The van der Waals surface area contributed by atoms with Gasteiger partial charge in [-0.15, -0.1) is 0 Å². The number of nitrogens with one attached hydrogen (secondary N) is 1. The molecule has 0 bridgehead atoms. The summed E-state index contributed by atoms with van der Waals surface area (Å²) in [4.78, 5) is 16.7. The van der Waals surface area contributed by atoms with E-state index in [1.54, 1.807) is 12.1 Å². The molecule has 0 amide bonds. The van der Waals surface area contributed by atoms with E-state index in [1.807, 2.05) is 36.4 Å². The molecule has 0 aliphatic heterocycles. The van der Waals surface area contributed by atoms with E-state index in [-0.39, 0.29) is 0 Å². The summed E-state index contributed by atoms with van der Waals surface area (Å²) in [7, 11) is 0.